The van der Waals surface area contributed by atoms with Gasteiger partial charge in [-0.15, -0.1) is 5.11 Å². The Morgan fingerprint density at radius 2 is 1.75 bits per heavy atom. The van der Waals surface area contributed by atoms with Gasteiger partial charge in [-0.05, 0) is 52.0 Å². The first kappa shape index (κ1) is 15.7. The van der Waals surface area contributed by atoms with Gasteiger partial charge in [0.1, 0.15) is 17.1 Å². The number of hydrogen-bond donors (Lipinski definition) is 2. The van der Waals surface area contributed by atoms with Crippen LogP contribution >= 0.6 is 0 Å². The minimum atomic E-state index is -0.750. The second-order valence-corrected chi connectivity index (χ2v) is 5.15. The molecular weight excluding hydrogens is 260 g/mol. The molecule has 0 saturated heterocycles. The summed E-state index contributed by atoms with van der Waals surface area (Å²) in [5.41, 5.74) is -0.510. The molecule has 0 amide bonds. The van der Waals surface area contributed by atoms with Crippen molar-refractivity contribution in [3.63, 3.8) is 0 Å². The molecule has 0 heterocycles. The number of allylic oxidation sites excluding steroid dienone is 1. The van der Waals surface area contributed by atoms with Gasteiger partial charge >= 0.3 is 5.97 Å². The van der Waals surface area contributed by atoms with E-state index in [1.807, 2.05) is 0 Å². The molecule has 0 aliphatic heterocycles. The highest BCUT2D eigenvalue weighted by Gasteiger charge is 2.22. The minimum absolute atomic E-state index is 0.102. The van der Waals surface area contributed by atoms with E-state index in [4.69, 9.17) is 9.84 Å². The van der Waals surface area contributed by atoms with Crippen LogP contribution in [0.3, 0.4) is 0 Å². The Hall–Kier alpha value is -2.37. The molecule has 6 nitrogen and oxygen atoms in total. The molecule has 1 aromatic carbocycles. The van der Waals surface area contributed by atoms with Gasteiger partial charge in [-0.3, -0.25) is 0 Å². The van der Waals surface area contributed by atoms with Gasteiger partial charge in [0.25, 0.3) is 0 Å². The van der Waals surface area contributed by atoms with Gasteiger partial charge in [0.05, 0.1) is 5.69 Å². The zero-order valence-corrected chi connectivity index (χ0v) is 11.9. The predicted octanol–water partition coefficient (Wildman–Crippen LogP) is 3.61. The first-order chi connectivity index (χ1) is 9.19. The molecule has 0 radical (unpaired) electrons. The molecule has 0 aromatic heterocycles. The van der Waals surface area contributed by atoms with Gasteiger partial charge in [0.15, 0.2) is 0 Å². The van der Waals surface area contributed by atoms with Crippen LogP contribution in [0.15, 0.2) is 46.0 Å². The Morgan fingerprint density at radius 3 is 2.20 bits per heavy atom. The maximum absolute atomic E-state index is 11.8. The fourth-order valence-electron chi connectivity index (χ4n) is 1.21. The Kier molecular flexibility index (Phi) is 4.85. The summed E-state index contributed by atoms with van der Waals surface area (Å²) in [6, 6.07) is 5.94. The molecular formula is C14H18N2O4. The maximum Gasteiger partial charge on any atom is 0.362 e. The van der Waals surface area contributed by atoms with Crippen LogP contribution in [0.4, 0.5) is 5.69 Å². The number of aromatic hydroxyl groups is 1. The summed E-state index contributed by atoms with van der Waals surface area (Å²) >= 11 is 0. The lowest BCUT2D eigenvalue weighted by atomic mass is 10.2. The third-order valence-electron chi connectivity index (χ3n) is 2.05. The number of esters is 1. The molecule has 6 heteroatoms. The highest BCUT2D eigenvalue weighted by molar-refractivity contribution is 5.88. The average Bonchev–Trinajstić information content (AvgIpc) is 2.29. The number of aliphatic hydroxyl groups excluding tert-OH is 1. The van der Waals surface area contributed by atoms with Crippen molar-refractivity contribution in [1.82, 2.24) is 0 Å². The van der Waals surface area contributed by atoms with Crippen molar-refractivity contribution in [3.8, 4) is 5.75 Å². The van der Waals surface area contributed by atoms with Crippen LogP contribution in [0.1, 0.15) is 27.7 Å². The summed E-state index contributed by atoms with van der Waals surface area (Å²) in [7, 11) is 0. The van der Waals surface area contributed by atoms with Crippen molar-refractivity contribution < 1.29 is 19.7 Å². The van der Waals surface area contributed by atoms with Gasteiger partial charge in [0, 0.05) is 0 Å². The Labute approximate surface area is 117 Å². The third-order valence-corrected chi connectivity index (χ3v) is 2.05. The lowest BCUT2D eigenvalue weighted by Gasteiger charge is -2.19. The van der Waals surface area contributed by atoms with Gasteiger partial charge in [-0.25, -0.2) is 4.79 Å². The molecule has 0 spiro atoms. The average molecular weight is 278 g/mol. The van der Waals surface area contributed by atoms with Gasteiger partial charge in [-0.2, -0.15) is 5.11 Å². The van der Waals surface area contributed by atoms with Crippen molar-refractivity contribution in [2.24, 2.45) is 10.2 Å². The summed E-state index contributed by atoms with van der Waals surface area (Å²) < 4.78 is 5.12. The fraction of sp³-hybridized carbons (Fsp3) is 0.357. The van der Waals surface area contributed by atoms with Crippen molar-refractivity contribution in [2.45, 2.75) is 33.3 Å². The number of hydrogen-bond acceptors (Lipinski definition) is 6. The van der Waals surface area contributed by atoms with Crippen LogP contribution in [-0.4, -0.2) is 21.8 Å². The molecule has 108 valence electrons. The van der Waals surface area contributed by atoms with E-state index in [2.05, 4.69) is 10.2 Å². The Bertz CT molecular complexity index is 535. The van der Waals surface area contributed by atoms with E-state index in [1.165, 1.54) is 31.2 Å². The van der Waals surface area contributed by atoms with Crippen LogP contribution in [0.2, 0.25) is 0 Å². The highest BCUT2D eigenvalue weighted by Crippen LogP contribution is 2.20. The van der Waals surface area contributed by atoms with Gasteiger partial charge in [-0.1, -0.05) is 0 Å². The number of aliphatic hydroxyl groups is 1. The lowest BCUT2D eigenvalue weighted by molar-refractivity contribution is -0.150. The van der Waals surface area contributed by atoms with E-state index < -0.39 is 11.6 Å². The summed E-state index contributed by atoms with van der Waals surface area (Å²) in [5, 5.41) is 26.1. The lowest BCUT2D eigenvalue weighted by Crippen LogP contribution is -2.24. The maximum atomic E-state index is 11.8. The molecule has 1 rings (SSSR count). The molecule has 2 N–H and O–H groups in total. The zero-order valence-electron chi connectivity index (χ0n) is 11.9. The van der Waals surface area contributed by atoms with E-state index >= 15 is 0 Å². The second kappa shape index (κ2) is 6.18. The van der Waals surface area contributed by atoms with Crippen LogP contribution in [0.5, 0.6) is 5.75 Å². The number of nitrogens with zero attached hydrogens (tertiary/aromatic N) is 2. The van der Waals surface area contributed by atoms with E-state index in [-0.39, 0.29) is 17.2 Å². The second-order valence-electron chi connectivity index (χ2n) is 5.15. The Balaban J connectivity index is 2.92. The van der Waals surface area contributed by atoms with Crippen molar-refractivity contribution in [3.05, 3.63) is 35.7 Å². The fourth-order valence-corrected chi connectivity index (χ4v) is 1.21. The van der Waals surface area contributed by atoms with Gasteiger partial charge in [0.2, 0.25) is 5.70 Å². The van der Waals surface area contributed by atoms with Crippen LogP contribution in [-0.2, 0) is 9.53 Å². The largest absolute Gasteiger partial charge is 0.510 e. The van der Waals surface area contributed by atoms with E-state index in [0.29, 0.717) is 5.69 Å². The molecule has 0 saturated carbocycles. The predicted molar refractivity (Wildman–Crippen MR) is 73.8 cm³/mol. The number of phenolic OH excluding ortho intramolecular Hbond substituents is 1. The van der Waals surface area contributed by atoms with Gasteiger partial charge < -0.3 is 14.9 Å². The Morgan fingerprint density at radius 1 is 1.20 bits per heavy atom. The molecule has 0 fully saturated rings. The number of ether oxygens (including phenoxy) is 1. The number of phenols is 1. The highest BCUT2D eigenvalue weighted by atomic mass is 16.6. The molecule has 0 aliphatic carbocycles. The van der Waals surface area contributed by atoms with Crippen LogP contribution < -0.4 is 0 Å². The third kappa shape index (κ3) is 5.09. The van der Waals surface area contributed by atoms with Crippen molar-refractivity contribution in [2.75, 3.05) is 0 Å². The van der Waals surface area contributed by atoms with Crippen molar-refractivity contribution >= 4 is 11.7 Å². The van der Waals surface area contributed by atoms with E-state index in [0.717, 1.165) is 0 Å². The SMILES string of the molecule is C/C(O)=C(/N=Nc1ccc(O)cc1)C(=O)OC(C)(C)C. The summed E-state index contributed by atoms with van der Waals surface area (Å²) in [4.78, 5) is 11.8. The minimum Gasteiger partial charge on any atom is -0.510 e. The van der Waals surface area contributed by atoms with E-state index in [9.17, 15) is 9.90 Å². The van der Waals surface area contributed by atoms with Crippen LogP contribution in [0.25, 0.3) is 0 Å². The quantitative estimate of drug-likeness (QED) is 0.382. The molecule has 0 unspecified atom stereocenters. The number of carbonyl (C=O) groups is 1. The molecule has 20 heavy (non-hydrogen) atoms. The zero-order chi connectivity index (χ0) is 15.3. The summed E-state index contributed by atoms with van der Waals surface area (Å²) in [6.07, 6.45) is 0. The van der Waals surface area contributed by atoms with Crippen molar-refractivity contribution in [1.29, 1.82) is 0 Å². The monoisotopic (exact) mass is 278 g/mol. The molecule has 0 bridgehead atoms. The molecule has 1 aromatic rings. The number of carbonyl (C=O) groups excluding carboxylic acids is 1. The number of rotatable bonds is 3. The van der Waals surface area contributed by atoms with Crippen LogP contribution in [0, 0.1) is 0 Å². The normalized spacial score (nSPS) is 13.2. The number of azo groups is 1. The summed E-state index contributed by atoms with van der Waals surface area (Å²) in [5.74, 6) is -0.924. The summed E-state index contributed by atoms with van der Waals surface area (Å²) in [6.45, 7) is 6.47. The topological polar surface area (TPSA) is 91.5 Å². The smallest absolute Gasteiger partial charge is 0.362 e. The standard InChI is InChI=1S/C14H18N2O4/c1-9(17)12(13(19)20-14(2,3)4)16-15-10-5-7-11(18)8-6-10/h5-8,17-18H,1-4H3/b12-9-,16-15?. The first-order valence-electron chi connectivity index (χ1n) is 6.03. The molecule has 0 aliphatic rings. The molecule has 0 atom stereocenters. The first-order valence-corrected chi connectivity index (χ1v) is 6.03. The van der Waals surface area contributed by atoms with E-state index in [1.54, 1.807) is 20.8 Å². The number of benzene rings is 1.